The van der Waals surface area contributed by atoms with Gasteiger partial charge < -0.3 is 10.1 Å². The van der Waals surface area contributed by atoms with E-state index in [9.17, 15) is 14.7 Å². The zero-order valence-electron chi connectivity index (χ0n) is 12.1. The van der Waals surface area contributed by atoms with Crippen molar-refractivity contribution in [3.8, 4) is 17.3 Å². The molecule has 0 fully saturated rings. The van der Waals surface area contributed by atoms with Crippen LogP contribution in [0, 0.1) is 0 Å². The van der Waals surface area contributed by atoms with Crippen molar-refractivity contribution in [2.75, 3.05) is 0 Å². The SMILES string of the molecule is O=C(Cc1ccccc1)c1nc(-c2ccccn2)[nH]c(=O)c1O. The van der Waals surface area contributed by atoms with Crippen LogP contribution in [0.1, 0.15) is 16.1 Å². The second-order valence-corrected chi connectivity index (χ2v) is 4.91. The number of nitrogens with one attached hydrogen (secondary N) is 1. The molecule has 0 saturated heterocycles. The molecule has 3 aromatic rings. The van der Waals surface area contributed by atoms with Gasteiger partial charge >= 0.3 is 0 Å². The summed E-state index contributed by atoms with van der Waals surface area (Å²) in [5.41, 5.74) is 0.173. The number of aromatic nitrogens is 3. The lowest BCUT2D eigenvalue weighted by Crippen LogP contribution is -2.17. The fourth-order valence-electron chi connectivity index (χ4n) is 2.15. The smallest absolute Gasteiger partial charge is 0.294 e. The van der Waals surface area contributed by atoms with E-state index >= 15 is 0 Å². The fourth-order valence-corrected chi connectivity index (χ4v) is 2.15. The van der Waals surface area contributed by atoms with Crippen LogP contribution in [0.5, 0.6) is 5.75 Å². The summed E-state index contributed by atoms with van der Waals surface area (Å²) >= 11 is 0. The fraction of sp³-hybridized carbons (Fsp3) is 0.0588. The zero-order chi connectivity index (χ0) is 16.2. The molecule has 114 valence electrons. The van der Waals surface area contributed by atoms with E-state index in [1.807, 2.05) is 18.2 Å². The highest BCUT2D eigenvalue weighted by Gasteiger charge is 2.19. The predicted molar refractivity (Wildman–Crippen MR) is 84.2 cm³/mol. The van der Waals surface area contributed by atoms with E-state index in [-0.39, 0.29) is 17.9 Å². The molecule has 0 aliphatic heterocycles. The summed E-state index contributed by atoms with van der Waals surface area (Å²) in [6.07, 6.45) is 1.60. The molecule has 3 rings (SSSR count). The molecule has 0 amide bonds. The van der Waals surface area contributed by atoms with Crippen molar-refractivity contribution < 1.29 is 9.90 Å². The maximum absolute atomic E-state index is 12.4. The molecule has 2 heterocycles. The third-order valence-electron chi connectivity index (χ3n) is 3.27. The summed E-state index contributed by atoms with van der Waals surface area (Å²) in [6, 6.07) is 14.2. The Kier molecular flexibility index (Phi) is 3.97. The largest absolute Gasteiger partial charge is 0.501 e. The minimum Gasteiger partial charge on any atom is -0.501 e. The molecule has 2 N–H and O–H groups in total. The number of pyridine rings is 1. The minimum atomic E-state index is -0.767. The number of ketones is 1. The zero-order valence-corrected chi connectivity index (χ0v) is 12.1. The molecule has 0 saturated carbocycles. The Morgan fingerprint density at radius 3 is 2.52 bits per heavy atom. The monoisotopic (exact) mass is 307 g/mol. The van der Waals surface area contributed by atoms with Crippen molar-refractivity contribution in [1.82, 2.24) is 15.0 Å². The molecule has 2 aromatic heterocycles. The first kappa shape index (κ1) is 14.6. The molecule has 23 heavy (non-hydrogen) atoms. The lowest BCUT2D eigenvalue weighted by Gasteiger charge is -2.06. The molecule has 0 unspecified atom stereocenters. The number of nitrogens with zero attached hydrogens (tertiary/aromatic N) is 2. The Balaban J connectivity index is 2.00. The van der Waals surface area contributed by atoms with Crippen LogP contribution in [0.15, 0.2) is 59.5 Å². The van der Waals surface area contributed by atoms with Crippen molar-refractivity contribution in [3.05, 3.63) is 76.3 Å². The van der Waals surface area contributed by atoms with Crippen LogP contribution in [0.2, 0.25) is 0 Å². The molecule has 0 spiro atoms. The highest BCUT2D eigenvalue weighted by Crippen LogP contribution is 2.16. The molecule has 6 heteroatoms. The first-order valence-electron chi connectivity index (χ1n) is 6.97. The molecule has 0 radical (unpaired) electrons. The molecule has 0 atom stereocenters. The third-order valence-corrected chi connectivity index (χ3v) is 3.27. The quantitative estimate of drug-likeness (QED) is 0.718. The standard InChI is InChI=1S/C17H13N3O3/c21-13(10-11-6-2-1-3-7-11)14-15(22)17(23)20-16(19-14)12-8-4-5-9-18-12/h1-9,22H,10H2,(H,19,20,23). The lowest BCUT2D eigenvalue weighted by atomic mass is 10.1. The van der Waals surface area contributed by atoms with Crippen LogP contribution in [0.25, 0.3) is 11.5 Å². The Hall–Kier alpha value is -3.28. The molecular weight excluding hydrogens is 294 g/mol. The molecule has 0 aliphatic carbocycles. The molecule has 0 bridgehead atoms. The third kappa shape index (κ3) is 3.16. The van der Waals surface area contributed by atoms with Gasteiger partial charge in [0, 0.05) is 12.6 Å². The Labute approximate surface area is 131 Å². The number of benzene rings is 1. The van der Waals surface area contributed by atoms with Gasteiger partial charge in [0.15, 0.2) is 17.3 Å². The molecule has 0 aliphatic rings. The minimum absolute atomic E-state index is 0.0481. The van der Waals surface area contributed by atoms with E-state index < -0.39 is 17.1 Å². The summed E-state index contributed by atoms with van der Waals surface area (Å²) in [6.45, 7) is 0. The van der Waals surface area contributed by atoms with E-state index in [1.165, 1.54) is 0 Å². The number of carbonyl (C=O) groups is 1. The van der Waals surface area contributed by atoms with E-state index in [4.69, 9.17) is 0 Å². The molecule has 6 nitrogen and oxygen atoms in total. The number of hydrogen-bond acceptors (Lipinski definition) is 5. The van der Waals surface area contributed by atoms with Gasteiger partial charge in [-0.25, -0.2) is 4.98 Å². The maximum atomic E-state index is 12.4. The van der Waals surface area contributed by atoms with Gasteiger partial charge in [0.25, 0.3) is 5.56 Å². The number of H-pyrrole nitrogens is 1. The van der Waals surface area contributed by atoms with Gasteiger partial charge in [-0.1, -0.05) is 36.4 Å². The van der Waals surface area contributed by atoms with E-state index in [0.29, 0.717) is 5.69 Å². The maximum Gasteiger partial charge on any atom is 0.294 e. The van der Waals surface area contributed by atoms with Crippen molar-refractivity contribution in [2.24, 2.45) is 0 Å². The summed E-state index contributed by atoms with van der Waals surface area (Å²) in [7, 11) is 0. The molecule has 1 aromatic carbocycles. The summed E-state index contributed by atoms with van der Waals surface area (Å²) in [4.78, 5) is 34.8. The van der Waals surface area contributed by atoms with Crippen LogP contribution in [-0.4, -0.2) is 25.8 Å². The van der Waals surface area contributed by atoms with Crippen LogP contribution in [0.4, 0.5) is 0 Å². The van der Waals surface area contributed by atoms with Gasteiger partial charge in [-0.2, -0.15) is 0 Å². The summed E-state index contributed by atoms with van der Waals surface area (Å²) in [5, 5.41) is 9.87. The van der Waals surface area contributed by atoms with E-state index in [1.54, 1.807) is 36.5 Å². The molecular formula is C17H13N3O3. The summed E-state index contributed by atoms with van der Waals surface area (Å²) in [5.74, 6) is -0.965. The second kappa shape index (κ2) is 6.23. The average Bonchev–Trinajstić information content (AvgIpc) is 2.58. The summed E-state index contributed by atoms with van der Waals surface area (Å²) < 4.78 is 0. The second-order valence-electron chi connectivity index (χ2n) is 4.91. The first-order chi connectivity index (χ1) is 11.1. The normalized spacial score (nSPS) is 10.4. The van der Waals surface area contributed by atoms with Gasteiger partial charge in [-0.15, -0.1) is 0 Å². The topological polar surface area (TPSA) is 95.9 Å². The van der Waals surface area contributed by atoms with Crippen LogP contribution in [0.3, 0.4) is 0 Å². The lowest BCUT2D eigenvalue weighted by molar-refractivity contribution is 0.0985. The van der Waals surface area contributed by atoms with Crippen molar-refractivity contribution in [3.63, 3.8) is 0 Å². The average molecular weight is 307 g/mol. The predicted octanol–water partition coefficient (Wildman–Crippen LogP) is 1.96. The highest BCUT2D eigenvalue weighted by molar-refractivity contribution is 5.98. The van der Waals surface area contributed by atoms with Gasteiger partial charge in [0.2, 0.25) is 5.75 Å². The Morgan fingerprint density at radius 1 is 1.09 bits per heavy atom. The van der Waals surface area contributed by atoms with Crippen molar-refractivity contribution >= 4 is 5.78 Å². The van der Waals surface area contributed by atoms with Crippen molar-refractivity contribution in [1.29, 1.82) is 0 Å². The van der Waals surface area contributed by atoms with Gasteiger partial charge in [-0.05, 0) is 17.7 Å². The number of rotatable bonds is 4. The van der Waals surface area contributed by atoms with Crippen LogP contribution in [-0.2, 0) is 6.42 Å². The number of Topliss-reactive ketones (excluding diaryl/α,β-unsaturated/α-hetero) is 1. The highest BCUT2D eigenvalue weighted by atomic mass is 16.3. The number of aromatic hydroxyl groups is 1. The Bertz CT molecular complexity index is 890. The van der Waals surface area contributed by atoms with Gasteiger partial charge in [0.05, 0.1) is 0 Å². The van der Waals surface area contributed by atoms with Gasteiger partial charge in [-0.3, -0.25) is 14.6 Å². The van der Waals surface area contributed by atoms with Crippen LogP contribution < -0.4 is 5.56 Å². The van der Waals surface area contributed by atoms with Crippen LogP contribution >= 0.6 is 0 Å². The first-order valence-corrected chi connectivity index (χ1v) is 6.97. The van der Waals surface area contributed by atoms with Crippen molar-refractivity contribution in [2.45, 2.75) is 6.42 Å². The van der Waals surface area contributed by atoms with Gasteiger partial charge in [0.1, 0.15) is 5.69 Å². The van der Waals surface area contributed by atoms with E-state index in [0.717, 1.165) is 5.56 Å². The number of aromatic amines is 1. The van der Waals surface area contributed by atoms with E-state index in [2.05, 4.69) is 15.0 Å². The Morgan fingerprint density at radius 2 is 1.83 bits per heavy atom. The number of hydrogen-bond donors (Lipinski definition) is 2. The number of carbonyl (C=O) groups excluding carboxylic acids is 1.